The summed E-state index contributed by atoms with van der Waals surface area (Å²) in [5.74, 6) is 0.586. The van der Waals surface area contributed by atoms with E-state index in [1.165, 1.54) is 0 Å². The van der Waals surface area contributed by atoms with Gasteiger partial charge < -0.3 is 14.4 Å². The molecule has 2 heterocycles. The molecule has 0 bridgehead atoms. The quantitative estimate of drug-likeness (QED) is 0.798. The third-order valence-electron chi connectivity index (χ3n) is 3.62. The highest BCUT2D eigenvalue weighted by molar-refractivity contribution is 5.68. The molecule has 5 nitrogen and oxygen atoms in total. The lowest BCUT2D eigenvalue weighted by atomic mass is 10.1. The number of fused-ring (bicyclic) bond motifs is 1. The van der Waals surface area contributed by atoms with Crippen LogP contribution < -0.4 is 4.74 Å². The summed E-state index contributed by atoms with van der Waals surface area (Å²) in [7, 11) is 0. The zero-order valence-corrected chi connectivity index (χ0v) is 14.3. The van der Waals surface area contributed by atoms with Gasteiger partial charge >= 0.3 is 6.09 Å². The summed E-state index contributed by atoms with van der Waals surface area (Å²) in [6.45, 7) is 6.90. The van der Waals surface area contributed by atoms with Gasteiger partial charge in [0, 0.05) is 11.1 Å². The number of aromatic nitrogens is 1. The van der Waals surface area contributed by atoms with Crippen molar-refractivity contribution in [3.05, 3.63) is 48.0 Å². The van der Waals surface area contributed by atoms with Gasteiger partial charge in [-0.05, 0) is 32.9 Å². The molecular weight excluding hydrogens is 304 g/mol. The molecule has 1 aromatic heterocycles. The Kier molecular flexibility index (Phi) is 4.42. The number of amides is 1. The van der Waals surface area contributed by atoms with Crippen LogP contribution in [0.1, 0.15) is 26.3 Å². The van der Waals surface area contributed by atoms with Crippen molar-refractivity contribution in [3.8, 4) is 17.1 Å². The van der Waals surface area contributed by atoms with Crippen LogP contribution in [0.3, 0.4) is 0 Å². The maximum absolute atomic E-state index is 12.3. The van der Waals surface area contributed by atoms with Gasteiger partial charge in [-0.15, -0.1) is 0 Å². The maximum Gasteiger partial charge on any atom is 0.410 e. The minimum atomic E-state index is -0.511. The normalized spacial score (nSPS) is 14.4. The van der Waals surface area contributed by atoms with Crippen molar-refractivity contribution >= 4 is 6.09 Å². The summed E-state index contributed by atoms with van der Waals surface area (Å²) < 4.78 is 11.2. The van der Waals surface area contributed by atoms with Gasteiger partial charge in [-0.25, -0.2) is 9.78 Å². The molecule has 0 radical (unpaired) electrons. The average Bonchev–Trinajstić information content (AvgIpc) is 2.75. The molecule has 1 aliphatic heterocycles. The number of nitrogens with zero attached hydrogens (tertiary/aromatic N) is 2. The largest absolute Gasteiger partial charge is 0.476 e. The second-order valence-corrected chi connectivity index (χ2v) is 6.78. The number of benzene rings is 1. The van der Waals surface area contributed by atoms with E-state index in [1.54, 1.807) is 4.90 Å². The molecule has 1 aliphatic rings. The van der Waals surface area contributed by atoms with Gasteiger partial charge in [-0.1, -0.05) is 30.3 Å². The molecule has 0 unspecified atom stereocenters. The number of pyridine rings is 1. The first-order valence-electron chi connectivity index (χ1n) is 8.08. The van der Waals surface area contributed by atoms with Crippen LogP contribution in [0.4, 0.5) is 4.79 Å². The van der Waals surface area contributed by atoms with Gasteiger partial charge in [0.1, 0.15) is 12.2 Å². The van der Waals surface area contributed by atoms with Crippen LogP contribution in [0.5, 0.6) is 5.88 Å². The van der Waals surface area contributed by atoms with E-state index in [4.69, 9.17) is 9.47 Å². The van der Waals surface area contributed by atoms with E-state index in [1.807, 2.05) is 63.2 Å². The second kappa shape index (κ2) is 6.51. The van der Waals surface area contributed by atoms with E-state index >= 15 is 0 Å². The number of carbonyl (C=O) groups is 1. The highest BCUT2D eigenvalue weighted by Gasteiger charge is 2.25. The molecular formula is C19H22N2O3. The van der Waals surface area contributed by atoms with Crippen LogP contribution in [-0.2, 0) is 11.3 Å². The molecule has 0 saturated carbocycles. The topological polar surface area (TPSA) is 51.7 Å². The zero-order valence-electron chi connectivity index (χ0n) is 14.3. The maximum atomic E-state index is 12.3. The fraction of sp³-hybridized carbons (Fsp3) is 0.368. The van der Waals surface area contributed by atoms with Crippen LogP contribution in [0.2, 0.25) is 0 Å². The Morgan fingerprint density at radius 3 is 2.62 bits per heavy atom. The summed E-state index contributed by atoms with van der Waals surface area (Å²) in [5.41, 5.74) is 2.28. The van der Waals surface area contributed by atoms with Gasteiger partial charge in [0.2, 0.25) is 5.88 Å². The third-order valence-corrected chi connectivity index (χ3v) is 3.62. The first kappa shape index (κ1) is 16.3. The van der Waals surface area contributed by atoms with Crippen molar-refractivity contribution in [1.29, 1.82) is 0 Å². The first-order chi connectivity index (χ1) is 11.4. The summed E-state index contributed by atoms with van der Waals surface area (Å²) in [6.07, 6.45) is -0.328. The van der Waals surface area contributed by atoms with Crippen molar-refractivity contribution in [1.82, 2.24) is 9.88 Å². The lowest BCUT2D eigenvalue weighted by Gasteiger charge is -2.25. The van der Waals surface area contributed by atoms with E-state index in [-0.39, 0.29) is 6.09 Å². The lowest BCUT2D eigenvalue weighted by Crippen LogP contribution is -2.37. The Morgan fingerprint density at radius 2 is 1.92 bits per heavy atom. The van der Waals surface area contributed by atoms with Crippen LogP contribution in [0.15, 0.2) is 42.5 Å². The predicted octanol–water partition coefficient (Wildman–Crippen LogP) is 3.88. The third kappa shape index (κ3) is 3.85. The molecule has 0 spiro atoms. The van der Waals surface area contributed by atoms with Crippen molar-refractivity contribution in [2.45, 2.75) is 32.9 Å². The number of hydrogen-bond donors (Lipinski definition) is 0. The first-order valence-corrected chi connectivity index (χ1v) is 8.08. The molecule has 24 heavy (non-hydrogen) atoms. The molecule has 0 saturated heterocycles. The minimum Gasteiger partial charge on any atom is -0.476 e. The molecule has 0 aliphatic carbocycles. The van der Waals surface area contributed by atoms with E-state index in [9.17, 15) is 4.79 Å². The van der Waals surface area contributed by atoms with Gasteiger partial charge in [0.05, 0.1) is 18.8 Å². The molecule has 126 valence electrons. The lowest BCUT2D eigenvalue weighted by molar-refractivity contribution is 0.0225. The highest BCUT2D eigenvalue weighted by atomic mass is 16.6. The summed E-state index contributed by atoms with van der Waals surface area (Å²) >= 11 is 0. The highest BCUT2D eigenvalue weighted by Crippen LogP contribution is 2.26. The molecule has 0 N–H and O–H groups in total. The number of hydrogen-bond acceptors (Lipinski definition) is 4. The SMILES string of the molecule is CC(C)(C)OC(=O)N1CCOc2nc(-c3ccccc3)ccc2C1. The zero-order chi connectivity index (χ0) is 17.2. The second-order valence-electron chi connectivity index (χ2n) is 6.78. The van der Waals surface area contributed by atoms with E-state index in [0.29, 0.717) is 25.6 Å². The number of rotatable bonds is 1. The fourth-order valence-corrected chi connectivity index (χ4v) is 2.50. The van der Waals surface area contributed by atoms with Gasteiger partial charge in [0.15, 0.2) is 0 Å². The Hall–Kier alpha value is -2.56. The predicted molar refractivity (Wildman–Crippen MR) is 91.8 cm³/mol. The van der Waals surface area contributed by atoms with Gasteiger partial charge in [0.25, 0.3) is 0 Å². The molecule has 1 aromatic carbocycles. The van der Waals surface area contributed by atoms with E-state index in [0.717, 1.165) is 16.8 Å². The Balaban J connectivity index is 1.81. The summed E-state index contributed by atoms with van der Waals surface area (Å²) in [5, 5.41) is 0. The summed E-state index contributed by atoms with van der Waals surface area (Å²) in [6, 6.07) is 13.9. The number of ether oxygens (including phenoxy) is 2. The van der Waals surface area contributed by atoms with E-state index in [2.05, 4.69) is 4.98 Å². The molecule has 3 rings (SSSR count). The number of carbonyl (C=O) groups excluding carboxylic acids is 1. The molecule has 2 aromatic rings. The molecule has 0 atom stereocenters. The Morgan fingerprint density at radius 1 is 1.17 bits per heavy atom. The van der Waals surface area contributed by atoms with Crippen LogP contribution in [0, 0.1) is 0 Å². The Bertz CT molecular complexity index is 723. The molecule has 0 fully saturated rings. The standard InChI is InChI=1S/C19H22N2O3/c1-19(2,3)24-18(22)21-11-12-23-17-15(13-21)9-10-16(20-17)14-7-5-4-6-8-14/h4-10H,11-13H2,1-3H3. The smallest absolute Gasteiger partial charge is 0.410 e. The van der Waals surface area contributed by atoms with Gasteiger partial charge in [-0.2, -0.15) is 0 Å². The van der Waals surface area contributed by atoms with Crippen LogP contribution in [0.25, 0.3) is 11.3 Å². The van der Waals surface area contributed by atoms with Crippen molar-refractivity contribution < 1.29 is 14.3 Å². The summed E-state index contributed by atoms with van der Waals surface area (Å²) in [4.78, 5) is 18.6. The molecule has 1 amide bonds. The van der Waals surface area contributed by atoms with Crippen molar-refractivity contribution in [3.63, 3.8) is 0 Å². The minimum absolute atomic E-state index is 0.328. The van der Waals surface area contributed by atoms with Crippen molar-refractivity contribution in [2.75, 3.05) is 13.2 Å². The van der Waals surface area contributed by atoms with Crippen LogP contribution >= 0.6 is 0 Å². The molecule has 5 heteroatoms. The fourth-order valence-electron chi connectivity index (χ4n) is 2.50. The average molecular weight is 326 g/mol. The van der Waals surface area contributed by atoms with Crippen LogP contribution in [-0.4, -0.2) is 34.7 Å². The monoisotopic (exact) mass is 326 g/mol. The van der Waals surface area contributed by atoms with Gasteiger partial charge in [-0.3, -0.25) is 0 Å². The van der Waals surface area contributed by atoms with Crippen molar-refractivity contribution in [2.24, 2.45) is 0 Å². The Labute approximate surface area is 142 Å². The van der Waals surface area contributed by atoms with E-state index < -0.39 is 5.60 Å².